The number of rotatable bonds is 5. The lowest BCUT2D eigenvalue weighted by Gasteiger charge is -2.13. The molecule has 0 amide bonds. The van der Waals surface area contributed by atoms with Gasteiger partial charge in [0.2, 0.25) is 0 Å². The maximum atomic E-state index is 10.7. The molecular formula is C13H18ClNO2. The van der Waals surface area contributed by atoms with Gasteiger partial charge in [-0.1, -0.05) is 24.3 Å². The molecule has 94 valence electrons. The molecule has 0 aliphatic heterocycles. The summed E-state index contributed by atoms with van der Waals surface area (Å²) in [6.07, 6.45) is 2.68. The van der Waals surface area contributed by atoms with Gasteiger partial charge >= 0.3 is 5.97 Å². The number of nitrogens with two attached hydrogens (primary N) is 1. The maximum Gasteiger partial charge on any atom is 0.304 e. The number of halogens is 1. The highest BCUT2D eigenvalue weighted by atomic mass is 35.5. The molecule has 1 aliphatic carbocycles. The molecule has 0 spiro atoms. The van der Waals surface area contributed by atoms with Crippen LogP contribution in [0.2, 0.25) is 0 Å². The van der Waals surface area contributed by atoms with Crippen molar-refractivity contribution in [1.82, 2.24) is 0 Å². The molecule has 1 aromatic rings. The SMILES string of the molecule is Cl.NCC(CC(=O)O)c1ccc(C2CC2)cc1. The van der Waals surface area contributed by atoms with E-state index in [2.05, 4.69) is 12.1 Å². The van der Waals surface area contributed by atoms with Crippen molar-refractivity contribution in [2.24, 2.45) is 5.73 Å². The zero-order chi connectivity index (χ0) is 11.5. The molecule has 0 saturated heterocycles. The zero-order valence-electron chi connectivity index (χ0n) is 9.63. The first-order valence-corrected chi connectivity index (χ1v) is 5.72. The first kappa shape index (κ1) is 14.0. The number of carboxylic acid groups (broad SMARTS) is 1. The third kappa shape index (κ3) is 3.72. The Morgan fingerprint density at radius 3 is 2.35 bits per heavy atom. The van der Waals surface area contributed by atoms with Crippen LogP contribution in [0.5, 0.6) is 0 Å². The van der Waals surface area contributed by atoms with Crippen molar-refractivity contribution < 1.29 is 9.90 Å². The molecule has 0 heterocycles. The van der Waals surface area contributed by atoms with Crippen LogP contribution in [0.3, 0.4) is 0 Å². The van der Waals surface area contributed by atoms with Crippen molar-refractivity contribution >= 4 is 18.4 Å². The van der Waals surface area contributed by atoms with E-state index in [1.807, 2.05) is 12.1 Å². The van der Waals surface area contributed by atoms with Gasteiger partial charge < -0.3 is 10.8 Å². The van der Waals surface area contributed by atoms with Gasteiger partial charge in [0.15, 0.2) is 0 Å². The smallest absolute Gasteiger partial charge is 0.304 e. The largest absolute Gasteiger partial charge is 0.481 e. The molecule has 2 rings (SSSR count). The van der Waals surface area contributed by atoms with Crippen molar-refractivity contribution in [3.63, 3.8) is 0 Å². The van der Waals surface area contributed by atoms with Gasteiger partial charge in [0.05, 0.1) is 6.42 Å². The lowest BCUT2D eigenvalue weighted by molar-refractivity contribution is -0.137. The van der Waals surface area contributed by atoms with Gasteiger partial charge in [0, 0.05) is 5.92 Å². The Kier molecular flexibility index (Phi) is 4.97. The van der Waals surface area contributed by atoms with Gasteiger partial charge in [0.1, 0.15) is 0 Å². The summed E-state index contributed by atoms with van der Waals surface area (Å²) < 4.78 is 0. The molecule has 17 heavy (non-hydrogen) atoms. The third-order valence-electron chi connectivity index (χ3n) is 3.16. The van der Waals surface area contributed by atoms with E-state index in [9.17, 15) is 4.79 Å². The fourth-order valence-corrected chi connectivity index (χ4v) is 2.01. The summed E-state index contributed by atoms with van der Waals surface area (Å²) in [7, 11) is 0. The molecule has 4 heteroatoms. The summed E-state index contributed by atoms with van der Waals surface area (Å²) in [6, 6.07) is 8.26. The van der Waals surface area contributed by atoms with Gasteiger partial charge in [-0.05, 0) is 36.4 Å². The van der Waals surface area contributed by atoms with Gasteiger partial charge in [-0.2, -0.15) is 0 Å². The van der Waals surface area contributed by atoms with Gasteiger partial charge in [0.25, 0.3) is 0 Å². The Hall–Kier alpha value is -1.06. The second-order valence-electron chi connectivity index (χ2n) is 4.47. The van der Waals surface area contributed by atoms with E-state index in [1.54, 1.807) is 0 Å². The first-order chi connectivity index (χ1) is 7.70. The third-order valence-corrected chi connectivity index (χ3v) is 3.16. The fraction of sp³-hybridized carbons (Fsp3) is 0.462. The van der Waals surface area contributed by atoms with Crippen LogP contribution in [0.15, 0.2) is 24.3 Å². The van der Waals surface area contributed by atoms with Crippen LogP contribution in [-0.2, 0) is 4.79 Å². The second kappa shape index (κ2) is 6.03. The molecule has 3 N–H and O–H groups in total. The summed E-state index contributed by atoms with van der Waals surface area (Å²) in [4.78, 5) is 10.7. The van der Waals surface area contributed by atoms with Gasteiger partial charge in [-0.25, -0.2) is 0 Å². The van der Waals surface area contributed by atoms with Crippen LogP contribution in [0.25, 0.3) is 0 Å². The number of hydrogen-bond donors (Lipinski definition) is 2. The van der Waals surface area contributed by atoms with Crippen LogP contribution >= 0.6 is 12.4 Å². The first-order valence-electron chi connectivity index (χ1n) is 5.72. The molecule has 1 unspecified atom stereocenters. The second-order valence-corrected chi connectivity index (χ2v) is 4.47. The van der Waals surface area contributed by atoms with Crippen molar-refractivity contribution in [1.29, 1.82) is 0 Å². The molecule has 1 saturated carbocycles. The predicted molar refractivity (Wildman–Crippen MR) is 69.7 cm³/mol. The molecule has 1 fully saturated rings. The number of benzene rings is 1. The summed E-state index contributed by atoms with van der Waals surface area (Å²) in [5.41, 5.74) is 8.01. The lowest BCUT2D eigenvalue weighted by atomic mass is 9.94. The average molecular weight is 256 g/mol. The Morgan fingerprint density at radius 2 is 1.94 bits per heavy atom. The highest BCUT2D eigenvalue weighted by molar-refractivity contribution is 5.85. The van der Waals surface area contributed by atoms with Crippen molar-refractivity contribution in [2.45, 2.75) is 31.1 Å². The minimum absolute atomic E-state index is 0. The van der Waals surface area contributed by atoms with Crippen LogP contribution in [0.4, 0.5) is 0 Å². The minimum atomic E-state index is -0.790. The number of carboxylic acids is 1. The quantitative estimate of drug-likeness (QED) is 0.850. The fourth-order valence-electron chi connectivity index (χ4n) is 2.01. The molecule has 1 aromatic carbocycles. The van der Waals surface area contributed by atoms with E-state index in [1.165, 1.54) is 18.4 Å². The normalized spacial score (nSPS) is 16.1. The topological polar surface area (TPSA) is 63.3 Å². The van der Waals surface area contributed by atoms with Crippen molar-refractivity contribution in [3.8, 4) is 0 Å². The van der Waals surface area contributed by atoms with E-state index in [4.69, 9.17) is 10.8 Å². The van der Waals surface area contributed by atoms with Gasteiger partial charge in [-0.15, -0.1) is 12.4 Å². The summed E-state index contributed by atoms with van der Waals surface area (Å²) >= 11 is 0. The Labute approximate surface area is 107 Å². The Balaban J connectivity index is 0.00000144. The van der Waals surface area contributed by atoms with E-state index in [0.29, 0.717) is 6.54 Å². The minimum Gasteiger partial charge on any atom is -0.481 e. The monoisotopic (exact) mass is 255 g/mol. The standard InChI is InChI=1S/C13H17NO2.ClH/c14-8-12(7-13(15)16)11-5-3-10(4-6-11)9-1-2-9;/h3-6,9,12H,1-2,7-8,14H2,(H,15,16);1H. The Morgan fingerprint density at radius 1 is 1.35 bits per heavy atom. The molecule has 3 nitrogen and oxygen atoms in total. The highest BCUT2D eigenvalue weighted by Crippen LogP contribution is 2.40. The van der Waals surface area contributed by atoms with E-state index >= 15 is 0 Å². The number of hydrogen-bond acceptors (Lipinski definition) is 2. The lowest BCUT2D eigenvalue weighted by Crippen LogP contribution is -2.16. The van der Waals surface area contributed by atoms with Crippen molar-refractivity contribution in [2.75, 3.05) is 6.54 Å². The maximum absolute atomic E-state index is 10.7. The van der Waals surface area contributed by atoms with Gasteiger partial charge in [-0.3, -0.25) is 4.79 Å². The molecule has 1 aliphatic rings. The van der Waals surface area contributed by atoms with Crippen molar-refractivity contribution in [3.05, 3.63) is 35.4 Å². The van der Waals surface area contributed by atoms with E-state index < -0.39 is 5.97 Å². The molecule has 0 bridgehead atoms. The van der Waals surface area contributed by atoms with Crippen LogP contribution < -0.4 is 5.73 Å². The molecule has 0 aromatic heterocycles. The van der Waals surface area contributed by atoms with E-state index in [0.717, 1.165) is 11.5 Å². The molecule has 1 atom stereocenters. The van der Waals surface area contributed by atoms with Crippen LogP contribution in [-0.4, -0.2) is 17.6 Å². The average Bonchev–Trinajstić information content (AvgIpc) is 3.10. The summed E-state index contributed by atoms with van der Waals surface area (Å²) in [5.74, 6) is -0.114. The summed E-state index contributed by atoms with van der Waals surface area (Å²) in [6.45, 7) is 0.384. The number of carbonyl (C=O) groups is 1. The molecular weight excluding hydrogens is 238 g/mol. The van der Waals surface area contributed by atoms with Crippen LogP contribution in [0, 0.1) is 0 Å². The van der Waals surface area contributed by atoms with E-state index in [-0.39, 0.29) is 24.7 Å². The van der Waals surface area contributed by atoms with Crippen LogP contribution in [0.1, 0.15) is 42.2 Å². The number of aliphatic carboxylic acids is 1. The predicted octanol–water partition coefficient (Wildman–Crippen LogP) is 2.50. The zero-order valence-corrected chi connectivity index (χ0v) is 10.5. The molecule has 0 radical (unpaired) electrons. The summed E-state index contributed by atoms with van der Waals surface area (Å²) in [5, 5.41) is 8.77. The Bertz CT molecular complexity index is 374. The highest BCUT2D eigenvalue weighted by Gasteiger charge is 2.23.